The lowest BCUT2D eigenvalue weighted by molar-refractivity contribution is -0.147. The topological polar surface area (TPSA) is 47.6 Å². The van der Waals surface area contributed by atoms with Crippen molar-refractivity contribution in [2.45, 2.75) is 32.8 Å². The highest BCUT2D eigenvalue weighted by Gasteiger charge is 2.25. The van der Waals surface area contributed by atoms with Crippen LogP contribution in [0.15, 0.2) is 0 Å². The van der Waals surface area contributed by atoms with Gasteiger partial charge in [-0.25, -0.2) is 0 Å². The molecule has 0 spiro atoms. The predicted octanol–water partition coefficient (Wildman–Crippen LogP) is 1.56. The molecule has 1 aliphatic rings. The minimum atomic E-state index is -0.451. The fraction of sp³-hybridized carbons (Fsp3) is 0.917. The molecule has 0 aromatic carbocycles. The lowest BCUT2D eigenvalue weighted by Gasteiger charge is -2.27. The van der Waals surface area contributed by atoms with E-state index in [4.69, 9.17) is 21.1 Å². The number of nitrogens with one attached hydrogen (secondary N) is 1. The Morgan fingerprint density at radius 2 is 2.24 bits per heavy atom. The average Bonchev–Trinajstić information content (AvgIpc) is 2.35. The summed E-state index contributed by atoms with van der Waals surface area (Å²) in [6, 6.07) is 0. The first-order chi connectivity index (χ1) is 8.05. The van der Waals surface area contributed by atoms with Crippen LogP contribution in [0.25, 0.3) is 0 Å². The van der Waals surface area contributed by atoms with Crippen LogP contribution in [0.3, 0.4) is 0 Å². The second kappa shape index (κ2) is 7.19. The van der Waals surface area contributed by atoms with Gasteiger partial charge < -0.3 is 14.8 Å². The smallest absolute Gasteiger partial charge is 0.251 e. The Labute approximate surface area is 108 Å². The summed E-state index contributed by atoms with van der Waals surface area (Å²) in [5.41, 5.74) is 0.0695. The van der Waals surface area contributed by atoms with Crippen LogP contribution in [0.2, 0.25) is 0 Å². The molecule has 1 atom stereocenters. The normalized spacial score (nSPS) is 21.2. The molecule has 1 amide bonds. The molecule has 0 aromatic rings. The molecule has 1 N–H and O–H groups in total. The molecule has 1 heterocycles. The summed E-state index contributed by atoms with van der Waals surface area (Å²) in [5, 5.41) is 2.91. The van der Waals surface area contributed by atoms with E-state index in [1.165, 1.54) is 0 Å². The standard InChI is InChI=1S/C12H22ClNO3/c1-12(2,4-3-5-13)9-14-11(15)10-8-16-6-7-17-10/h10H,3-9H2,1-2H3,(H,14,15). The van der Waals surface area contributed by atoms with Gasteiger partial charge in [-0.1, -0.05) is 13.8 Å². The summed E-state index contributed by atoms with van der Waals surface area (Å²) in [7, 11) is 0. The maximum atomic E-state index is 11.8. The lowest BCUT2D eigenvalue weighted by atomic mass is 9.88. The number of halogens is 1. The molecule has 0 radical (unpaired) electrons. The van der Waals surface area contributed by atoms with Crippen LogP contribution in [0.4, 0.5) is 0 Å². The Kier molecular flexibility index (Phi) is 6.23. The SMILES string of the molecule is CC(C)(CCCCl)CNC(=O)C1COCCO1. The van der Waals surface area contributed by atoms with Gasteiger partial charge in [-0.05, 0) is 18.3 Å². The van der Waals surface area contributed by atoms with E-state index in [0.717, 1.165) is 12.8 Å². The Bertz CT molecular complexity index is 240. The third-order valence-electron chi connectivity index (χ3n) is 2.84. The van der Waals surface area contributed by atoms with Crippen molar-refractivity contribution in [2.75, 3.05) is 32.2 Å². The van der Waals surface area contributed by atoms with Crippen LogP contribution in [0.1, 0.15) is 26.7 Å². The summed E-state index contributed by atoms with van der Waals surface area (Å²) in [6.45, 7) is 6.31. The zero-order valence-corrected chi connectivity index (χ0v) is 11.4. The Balaban J connectivity index is 2.26. The van der Waals surface area contributed by atoms with Crippen LogP contribution >= 0.6 is 11.6 Å². The van der Waals surface area contributed by atoms with Gasteiger partial charge in [-0.2, -0.15) is 0 Å². The van der Waals surface area contributed by atoms with E-state index in [1.807, 2.05) is 0 Å². The largest absolute Gasteiger partial charge is 0.376 e. The number of alkyl halides is 1. The molecule has 0 aliphatic carbocycles. The first-order valence-electron chi connectivity index (χ1n) is 6.08. The van der Waals surface area contributed by atoms with Crippen molar-refractivity contribution >= 4 is 17.5 Å². The molecule has 0 saturated carbocycles. The fourth-order valence-corrected chi connectivity index (χ4v) is 1.85. The quantitative estimate of drug-likeness (QED) is 0.740. The van der Waals surface area contributed by atoms with Gasteiger partial charge in [-0.3, -0.25) is 4.79 Å². The molecular formula is C12H22ClNO3. The Morgan fingerprint density at radius 3 is 2.82 bits per heavy atom. The van der Waals surface area contributed by atoms with Crippen LogP contribution in [-0.4, -0.2) is 44.3 Å². The number of amides is 1. The van der Waals surface area contributed by atoms with Gasteiger partial charge in [-0.15, -0.1) is 11.6 Å². The molecule has 0 aromatic heterocycles. The molecule has 17 heavy (non-hydrogen) atoms. The van der Waals surface area contributed by atoms with E-state index in [0.29, 0.717) is 32.2 Å². The molecule has 1 fully saturated rings. The van der Waals surface area contributed by atoms with E-state index in [1.54, 1.807) is 0 Å². The molecule has 5 heteroatoms. The zero-order valence-electron chi connectivity index (χ0n) is 10.6. The van der Waals surface area contributed by atoms with E-state index < -0.39 is 6.10 Å². The lowest BCUT2D eigenvalue weighted by Crippen LogP contribution is -2.45. The highest BCUT2D eigenvalue weighted by Crippen LogP contribution is 2.21. The van der Waals surface area contributed by atoms with Gasteiger partial charge in [0, 0.05) is 12.4 Å². The van der Waals surface area contributed by atoms with Gasteiger partial charge in [0.1, 0.15) is 0 Å². The van der Waals surface area contributed by atoms with Crippen molar-refractivity contribution in [3.05, 3.63) is 0 Å². The van der Waals surface area contributed by atoms with Crippen molar-refractivity contribution in [3.63, 3.8) is 0 Å². The summed E-state index contributed by atoms with van der Waals surface area (Å²) in [6.07, 6.45) is 1.51. The number of hydrogen-bond donors (Lipinski definition) is 1. The Morgan fingerprint density at radius 1 is 1.47 bits per heavy atom. The number of ether oxygens (including phenoxy) is 2. The second-order valence-electron chi connectivity index (χ2n) is 5.11. The van der Waals surface area contributed by atoms with Gasteiger partial charge in [0.2, 0.25) is 0 Å². The van der Waals surface area contributed by atoms with Crippen molar-refractivity contribution < 1.29 is 14.3 Å². The monoisotopic (exact) mass is 263 g/mol. The molecule has 0 bridgehead atoms. The van der Waals surface area contributed by atoms with Gasteiger partial charge >= 0.3 is 0 Å². The highest BCUT2D eigenvalue weighted by atomic mass is 35.5. The first-order valence-corrected chi connectivity index (χ1v) is 6.62. The summed E-state index contributed by atoms with van der Waals surface area (Å²) in [5.74, 6) is 0.584. The van der Waals surface area contributed by atoms with Crippen LogP contribution in [0.5, 0.6) is 0 Å². The molecular weight excluding hydrogens is 242 g/mol. The number of carbonyl (C=O) groups excluding carboxylic acids is 1. The second-order valence-corrected chi connectivity index (χ2v) is 5.49. The highest BCUT2D eigenvalue weighted by molar-refractivity contribution is 6.17. The summed E-state index contributed by atoms with van der Waals surface area (Å²) in [4.78, 5) is 11.8. The van der Waals surface area contributed by atoms with E-state index >= 15 is 0 Å². The summed E-state index contributed by atoms with van der Waals surface area (Å²) >= 11 is 5.67. The molecule has 1 rings (SSSR count). The molecule has 1 saturated heterocycles. The van der Waals surface area contributed by atoms with Gasteiger partial charge in [0.15, 0.2) is 6.10 Å². The number of hydrogen-bond acceptors (Lipinski definition) is 3. The number of rotatable bonds is 6. The fourth-order valence-electron chi connectivity index (χ4n) is 1.71. The van der Waals surface area contributed by atoms with Gasteiger partial charge in [0.25, 0.3) is 5.91 Å². The van der Waals surface area contributed by atoms with Gasteiger partial charge in [0.05, 0.1) is 19.8 Å². The summed E-state index contributed by atoms with van der Waals surface area (Å²) < 4.78 is 10.5. The minimum absolute atomic E-state index is 0.0695. The molecule has 1 unspecified atom stereocenters. The number of carbonyl (C=O) groups is 1. The van der Waals surface area contributed by atoms with Crippen molar-refractivity contribution in [3.8, 4) is 0 Å². The van der Waals surface area contributed by atoms with Crippen molar-refractivity contribution in [1.82, 2.24) is 5.32 Å². The third-order valence-corrected chi connectivity index (χ3v) is 3.10. The molecule has 1 aliphatic heterocycles. The first kappa shape index (κ1) is 14.7. The zero-order chi connectivity index (χ0) is 12.7. The maximum absolute atomic E-state index is 11.8. The molecule has 4 nitrogen and oxygen atoms in total. The third kappa shape index (κ3) is 5.70. The Hall–Kier alpha value is -0.320. The van der Waals surface area contributed by atoms with Crippen molar-refractivity contribution in [1.29, 1.82) is 0 Å². The van der Waals surface area contributed by atoms with Crippen LogP contribution < -0.4 is 5.32 Å². The van der Waals surface area contributed by atoms with E-state index in [-0.39, 0.29) is 11.3 Å². The molecule has 100 valence electrons. The maximum Gasteiger partial charge on any atom is 0.251 e. The van der Waals surface area contributed by atoms with Crippen molar-refractivity contribution in [2.24, 2.45) is 5.41 Å². The van der Waals surface area contributed by atoms with Crippen LogP contribution in [-0.2, 0) is 14.3 Å². The minimum Gasteiger partial charge on any atom is -0.376 e. The predicted molar refractivity (Wildman–Crippen MR) is 67.3 cm³/mol. The average molecular weight is 264 g/mol. The van der Waals surface area contributed by atoms with E-state index in [2.05, 4.69) is 19.2 Å². The van der Waals surface area contributed by atoms with E-state index in [9.17, 15) is 4.79 Å². The van der Waals surface area contributed by atoms with Crippen LogP contribution in [0, 0.1) is 5.41 Å².